The number of ether oxygens (including phenoxy) is 1. The summed E-state index contributed by atoms with van der Waals surface area (Å²) in [5.41, 5.74) is 5.24. The summed E-state index contributed by atoms with van der Waals surface area (Å²) in [4.78, 5) is 0. The van der Waals surface area contributed by atoms with Crippen molar-refractivity contribution >= 4 is 5.69 Å². The molecule has 1 aromatic carbocycles. The number of rotatable bonds is 4. The van der Waals surface area contributed by atoms with E-state index in [1.807, 2.05) is 20.8 Å². The zero-order valence-corrected chi connectivity index (χ0v) is 12.2. The minimum absolute atomic E-state index is 0.0421. The van der Waals surface area contributed by atoms with Gasteiger partial charge in [-0.3, -0.25) is 0 Å². The Kier molecular flexibility index (Phi) is 4.91. The lowest BCUT2D eigenvalue weighted by molar-refractivity contribution is -0.138. The van der Waals surface area contributed by atoms with Crippen LogP contribution in [0.1, 0.15) is 31.9 Å². The SMILES string of the molecule is COc1c(CNCC(C)(C)C)cc(N)cc1C(F)(F)F. The van der Waals surface area contributed by atoms with Gasteiger partial charge in [-0.25, -0.2) is 0 Å². The number of nitrogens with one attached hydrogen (secondary N) is 1. The lowest BCUT2D eigenvalue weighted by Gasteiger charge is -2.21. The first-order valence-electron chi connectivity index (χ1n) is 6.29. The van der Waals surface area contributed by atoms with Gasteiger partial charge in [-0.15, -0.1) is 0 Å². The molecule has 0 bridgehead atoms. The second-order valence-electron chi connectivity index (χ2n) is 5.92. The lowest BCUT2D eigenvalue weighted by atomic mass is 9.97. The highest BCUT2D eigenvalue weighted by molar-refractivity contribution is 5.54. The zero-order chi connectivity index (χ0) is 15.6. The fourth-order valence-electron chi connectivity index (χ4n) is 1.87. The Morgan fingerprint density at radius 2 is 1.80 bits per heavy atom. The molecule has 0 atom stereocenters. The maximum atomic E-state index is 13.0. The van der Waals surface area contributed by atoms with E-state index in [4.69, 9.17) is 10.5 Å². The number of nitrogen functional groups attached to an aromatic ring is 1. The molecule has 1 rings (SSSR count). The molecule has 0 radical (unpaired) electrons. The minimum Gasteiger partial charge on any atom is -0.496 e. The summed E-state index contributed by atoms with van der Waals surface area (Å²) in [7, 11) is 1.23. The van der Waals surface area contributed by atoms with Crippen molar-refractivity contribution in [1.29, 1.82) is 0 Å². The number of halogens is 3. The molecule has 114 valence electrons. The van der Waals surface area contributed by atoms with Crippen LogP contribution < -0.4 is 15.8 Å². The van der Waals surface area contributed by atoms with E-state index in [1.165, 1.54) is 13.2 Å². The molecule has 3 N–H and O–H groups in total. The Bertz CT molecular complexity index is 465. The smallest absolute Gasteiger partial charge is 0.420 e. The van der Waals surface area contributed by atoms with Crippen molar-refractivity contribution in [2.75, 3.05) is 19.4 Å². The van der Waals surface area contributed by atoms with Gasteiger partial charge in [-0.05, 0) is 17.5 Å². The Labute approximate surface area is 117 Å². The van der Waals surface area contributed by atoms with Gasteiger partial charge in [0.1, 0.15) is 5.75 Å². The molecule has 0 amide bonds. The average Bonchev–Trinajstić information content (AvgIpc) is 2.25. The van der Waals surface area contributed by atoms with E-state index in [0.717, 1.165) is 6.07 Å². The van der Waals surface area contributed by atoms with Crippen molar-refractivity contribution < 1.29 is 17.9 Å². The Morgan fingerprint density at radius 3 is 2.25 bits per heavy atom. The quantitative estimate of drug-likeness (QED) is 0.835. The first-order valence-corrected chi connectivity index (χ1v) is 6.29. The van der Waals surface area contributed by atoms with E-state index in [-0.39, 0.29) is 23.4 Å². The van der Waals surface area contributed by atoms with Crippen molar-refractivity contribution in [2.24, 2.45) is 5.41 Å². The van der Waals surface area contributed by atoms with Crippen LogP contribution in [-0.2, 0) is 12.7 Å². The Hall–Kier alpha value is -1.43. The number of alkyl halides is 3. The third-order valence-corrected chi connectivity index (χ3v) is 2.67. The molecule has 0 aliphatic carbocycles. The molecule has 0 spiro atoms. The van der Waals surface area contributed by atoms with E-state index in [2.05, 4.69) is 5.32 Å². The first-order chi connectivity index (χ1) is 9.04. The lowest BCUT2D eigenvalue weighted by Crippen LogP contribution is -2.26. The third kappa shape index (κ3) is 4.59. The van der Waals surface area contributed by atoms with Crippen LogP contribution >= 0.6 is 0 Å². The van der Waals surface area contributed by atoms with Crippen LogP contribution in [-0.4, -0.2) is 13.7 Å². The van der Waals surface area contributed by atoms with Crippen molar-refractivity contribution in [3.05, 3.63) is 23.3 Å². The molecule has 0 saturated heterocycles. The monoisotopic (exact) mass is 290 g/mol. The summed E-state index contributed by atoms with van der Waals surface area (Å²) in [6.45, 7) is 7.06. The van der Waals surface area contributed by atoms with Gasteiger partial charge in [-0.1, -0.05) is 20.8 Å². The normalized spacial score (nSPS) is 12.6. The average molecular weight is 290 g/mol. The van der Waals surface area contributed by atoms with Gasteiger partial charge in [-0.2, -0.15) is 13.2 Å². The third-order valence-electron chi connectivity index (χ3n) is 2.67. The Morgan fingerprint density at radius 1 is 1.20 bits per heavy atom. The summed E-state index contributed by atoms with van der Waals surface area (Å²) in [6, 6.07) is 2.40. The van der Waals surface area contributed by atoms with Crippen LogP contribution in [0.5, 0.6) is 5.75 Å². The van der Waals surface area contributed by atoms with Gasteiger partial charge in [0.2, 0.25) is 0 Å². The summed E-state index contributed by atoms with van der Waals surface area (Å²) in [6.07, 6.45) is -4.49. The first kappa shape index (κ1) is 16.6. The number of benzene rings is 1. The van der Waals surface area contributed by atoms with Crippen LogP contribution in [0.25, 0.3) is 0 Å². The number of nitrogens with two attached hydrogens (primary N) is 1. The van der Waals surface area contributed by atoms with Crippen LogP contribution in [0.3, 0.4) is 0 Å². The summed E-state index contributed by atoms with van der Waals surface area (Å²) < 4.78 is 43.8. The van der Waals surface area contributed by atoms with Gasteiger partial charge in [0.25, 0.3) is 0 Å². The van der Waals surface area contributed by atoms with E-state index in [1.54, 1.807) is 0 Å². The number of hydrogen-bond donors (Lipinski definition) is 2. The molecule has 0 aromatic heterocycles. The molecule has 0 unspecified atom stereocenters. The van der Waals surface area contributed by atoms with Gasteiger partial charge < -0.3 is 15.8 Å². The van der Waals surface area contributed by atoms with Gasteiger partial charge in [0.05, 0.1) is 12.7 Å². The van der Waals surface area contributed by atoms with Gasteiger partial charge in [0, 0.05) is 24.3 Å². The highest BCUT2D eigenvalue weighted by Gasteiger charge is 2.35. The second-order valence-corrected chi connectivity index (χ2v) is 5.92. The molecule has 0 aliphatic heterocycles. The molecule has 0 aliphatic rings. The van der Waals surface area contributed by atoms with Crippen molar-refractivity contribution in [2.45, 2.75) is 33.5 Å². The highest BCUT2D eigenvalue weighted by Crippen LogP contribution is 2.39. The molecule has 0 heterocycles. The van der Waals surface area contributed by atoms with Gasteiger partial charge in [0.15, 0.2) is 0 Å². The Balaban J connectivity index is 3.04. The van der Waals surface area contributed by atoms with Crippen LogP contribution in [0.2, 0.25) is 0 Å². The fraction of sp³-hybridized carbons (Fsp3) is 0.571. The number of methoxy groups -OCH3 is 1. The van der Waals surface area contributed by atoms with Gasteiger partial charge >= 0.3 is 6.18 Å². The maximum absolute atomic E-state index is 13.0. The summed E-state index contributed by atoms with van der Waals surface area (Å²) >= 11 is 0. The van der Waals surface area contributed by atoms with E-state index >= 15 is 0 Å². The minimum atomic E-state index is -4.49. The molecule has 3 nitrogen and oxygen atoms in total. The molecule has 1 aromatic rings. The number of anilines is 1. The van der Waals surface area contributed by atoms with E-state index < -0.39 is 11.7 Å². The largest absolute Gasteiger partial charge is 0.496 e. The van der Waals surface area contributed by atoms with Crippen molar-refractivity contribution in [3.63, 3.8) is 0 Å². The van der Waals surface area contributed by atoms with Crippen LogP contribution in [0.15, 0.2) is 12.1 Å². The molecule has 6 heteroatoms. The van der Waals surface area contributed by atoms with Crippen LogP contribution in [0.4, 0.5) is 18.9 Å². The number of hydrogen-bond acceptors (Lipinski definition) is 3. The molecule has 0 saturated carbocycles. The van der Waals surface area contributed by atoms with Crippen LogP contribution in [0, 0.1) is 5.41 Å². The standard InChI is InChI=1S/C14H21F3N2O/c1-13(2,3)8-19-7-9-5-10(18)6-11(12(9)20-4)14(15,16)17/h5-6,19H,7-8,18H2,1-4H3. The highest BCUT2D eigenvalue weighted by atomic mass is 19.4. The maximum Gasteiger partial charge on any atom is 0.420 e. The van der Waals surface area contributed by atoms with E-state index in [0.29, 0.717) is 12.1 Å². The zero-order valence-electron chi connectivity index (χ0n) is 12.2. The summed E-state index contributed by atoms with van der Waals surface area (Å²) in [5, 5.41) is 3.12. The predicted molar refractivity (Wildman–Crippen MR) is 73.6 cm³/mol. The second kappa shape index (κ2) is 5.91. The topological polar surface area (TPSA) is 47.3 Å². The molecule has 20 heavy (non-hydrogen) atoms. The fourth-order valence-corrected chi connectivity index (χ4v) is 1.87. The summed E-state index contributed by atoms with van der Waals surface area (Å²) in [5.74, 6) is -0.173. The van der Waals surface area contributed by atoms with Crippen molar-refractivity contribution in [3.8, 4) is 5.75 Å². The van der Waals surface area contributed by atoms with E-state index in [9.17, 15) is 13.2 Å². The molecular formula is C14H21F3N2O. The predicted octanol–water partition coefficient (Wildman–Crippen LogP) is 3.43. The van der Waals surface area contributed by atoms with Crippen molar-refractivity contribution in [1.82, 2.24) is 5.32 Å². The molecule has 0 fully saturated rings. The molecular weight excluding hydrogens is 269 g/mol.